The van der Waals surface area contributed by atoms with Crippen LogP contribution in [-0.4, -0.2) is 40.0 Å². The Labute approximate surface area is 127 Å². The molecule has 0 aromatic carbocycles. The molecule has 3 heterocycles. The lowest BCUT2D eigenvalue weighted by atomic mass is 9.98. The van der Waals surface area contributed by atoms with Crippen LogP contribution in [0.25, 0.3) is 10.6 Å². The van der Waals surface area contributed by atoms with Crippen molar-refractivity contribution in [1.29, 1.82) is 0 Å². The van der Waals surface area contributed by atoms with E-state index in [1.54, 1.807) is 0 Å². The maximum Gasteiger partial charge on any atom is 0.220 e. The monoisotopic (exact) mass is 307 g/mol. The van der Waals surface area contributed by atoms with E-state index in [1.807, 2.05) is 6.92 Å². The molecule has 0 aliphatic carbocycles. The van der Waals surface area contributed by atoms with Gasteiger partial charge in [-0.3, -0.25) is 0 Å². The van der Waals surface area contributed by atoms with Crippen molar-refractivity contribution in [2.45, 2.75) is 25.7 Å². The lowest BCUT2D eigenvalue weighted by molar-refractivity contribution is 0.255. The Morgan fingerprint density at radius 3 is 2.76 bits per heavy atom. The van der Waals surface area contributed by atoms with Gasteiger partial charge in [0.05, 0.1) is 21.8 Å². The van der Waals surface area contributed by atoms with E-state index in [9.17, 15) is 4.39 Å². The molecule has 0 atom stereocenters. The molecule has 0 saturated carbocycles. The molecule has 2 aromatic heterocycles. The number of hydrogen-bond acceptors (Lipinski definition) is 6. The van der Waals surface area contributed by atoms with Gasteiger partial charge in [-0.25, -0.2) is 19.3 Å². The minimum Gasteiger partial charge on any atom is -0.368 e. The van der Waals surface area contributed by atoms with Crippen LogP contribution in [0.5, 0.6) is 0 Å². The zero-order valence-corrected chi connectivity index (χ0v) is 13.0. The molecule has 0 radical (unpaired) electrons. The Morgan fingerprint density at radius 1 is 1.33 bits per heavy atom. The van der Waals surface area contributed by atoms with Crippen LogP contribution in [0, 0.1) is 12.7 Å². The van der Waals surface area contributed by atoms with E-state index in [0.29, 0.717) is 5.92 Å². The number of nitrogen functional groups attached to an aromatic ring is 1. The number of hydrogen-bond donors (Lipinski definition) is 1. The summed E-state index contributed by atoms with van der Waals surface area (Å²) in [4.78, 5) is 15.4. The van der Waals surface area contributed by atoms with Gasteiger partial charge in [0.2, 0.25) is 5.95 Å². The highest BCUT2D eigenvalue weighted by Gasteiger charge is 2.24. The second-order valence-electron chi connectivity index (χ2n) is 5.47. The van der Waals surface area contributed by atoms with Gasteiger partial charge in [-0.1, -0.05) is 0 Å². The second kappa shape index (κ2) is 5.65. The molecule has 112 valence electrons. The first kappa shape index (κ1) is 14.3. The number of nitrogens with two attached hydrogens (primary N) is 1. The number of aromatic nitrogens is 3. The lowest BCUT2D eigenvalue weighted by Gasteiger charge is -2.27. The average molecular weight is 307 g/mol. The van der Waals surface area contributed by atoms with Crippen molar-refractivity contribution in [3.63, 3.8) is 0 Å². The molecule has 2 N–H and O–H groups in total. The first-order valence-corrected chi connectivity index (χ1v) is 7.80. The second-order valence-corrected chi connectivity index (χ2v) is 6.50. The summed E-state index contributed by atoms with van der Waals surface area (Å²) in [6, 6.07) is 0. The van der Waals surface area contributed by atoms with Crippen molar-refractivity contribution < 1.29 is 4.39 Å². The third-order valence-corrected chi connectivity index (χ3v) is 5.19. The Hall–Kier alpha value is -1.60. The van der Waals surface area contributed by atoms with Gasteiger partial charge in [-0.2, -0.15) is 0 Å². The van der Waals surface area contributed by atoms with E-state index < -0.39 is 5.82 Å². The molecule has 0 bridgehead atoms. The summed E-state index contributed by atoms with van der Waals surface area (Å²) in [5, 5.41) is 1.08. The van der Waals surface area contributed by atoms with Crippen LogP contribution in [0.4, 0.5) is 10.3 Å². The Kier molecular flexibility index (Phi) is 3.86. The van der Waals surface area contributed by atoms with Gasteiger partial charge in [-0.15, -0.1) is 11.3 Å². The molecule has 0 amide bonds. The number of rotatable bonds is 2. The van der Waals surface area contributed by atoms with Gasteiger partial charge in [0.1, 0.15) is 5.69 Å². The molecule has 3 rings (SSSR count). The highest BCUT2D eigenvalue weighted by atomic mass is 32.1. The third-order valence-electron chi connectivity index (χ3n) is 3.86. The number of thiazole rings is 1. The Bertz CT molecular complexity index is 649. The van der Waals surface area contributed by atoms with Gasteiger partial charge in [-0.05, 0) is 39.9 Å². The smallest absolute Gasteiger partial charge is 0.220 e. The van der Waals surface area contributed by atoms with Crippen LogP contribution < -0.4 is 5.73 Å². The van der Waals surface area contributed by atoms with Gasteiger partial charge >= 0.3 is 0 Å². The highest BCUT2D eigenvalue weighted by molar-refractivity contribution is 7.15. The van der Waals surface area contributed by atoms with Crippen LogP contribution in [0.2, 0.25) is 0 Å². The van der Waals surface area contributed by atoms with Crippen molar-refractivity contribution in [3.05, 3.63) is 22.7 Å². The molecule has 1 fully saturated rings. The fraction of sp³-hybridized carbons (Fsp3) is 0.500. The molecule has 0 spiro atoms. The largest absolute Gasteiger partial charge is 0.368 e. The SMILES string of the molecule is Cc1nc(C2CCN(C)CC2)sc1-c1nc(N)ncc1F. The van der Waals surface area contributed by atoms with Gasteiger partial charge in [0.15, 0.2) is 5.82 Å². The molecule has 1 saturated heterocycles. The predicted octanol–water partition coefficient (Wildman–Crippen LogP) is 2.44. The Morgan fingerprint density at radius 2 is 2.05 bits per heavy atom. The number of piperidine rings is 1. The predicted molar refractivity (Wildman–Crippen MR) is 81.7 cm³/mol. The summed E-state index contributed by atoms with van der Waals surface area (Å²) in [6.07, 6.45) is 3.31. The number of likely N-dealkylation sites (tertiary alicyclic amines) is 1. The standard InChI is InChI=1S/C14H18FN5S/c1-8-12(11-10(15)7-17-14(16)19-11)21-13(18-8)9-3-5-20(2)6-4-9/h7,9H,3-6H2,1-2H3,(H2,16,17,19). The lowest BCUT2D eigenvalue weighted by Crippen LogP contribution is -2.29. The fourth-order valence-corrected chi connectivity index (χ4v) is 3.83. The van der Waals surface area contributed by atoms with Gasteiger partial charge < -0.3 is 10.6 Å². The van der Waals surface area contributed by atoms with E-state index in [2.05, 4.69) is 26.9 Å². The van der Waals surface area contributed by atoms with Crippen molar-refractivity contribution in [2.24, 2.45) is 0 Å². The molecule has 1 aliphatic rings. The quantitative estimate of drug-likeness (QED) is 0.923. The van der Waals surface area contributed by atoms with Crippen LogP contribution >= 0.6 is 11.3 Å². The molecule has 7 heteroatoms. The topological polar surface area (TPSA) is 67.9 Å². The van der Waals surface area contributed by atoms with Crippen molar-refractivity contribution >= 4 is 17.3 Å². The number of nitrogens with zero attached hydrogens (tertiary/aromatic N) is 4. The summed E-state index contributed by atoms with van der Waals surface area (Å²) < 4.78 is 13.9. The first-order chi connectivity index (χ1) is 10.0. The summed E-state index contributed by atoms with van der Waals surface area (Å²) in [6.45, 7) is 4.04. The van der Waals surface area contributed by atoms with Crippen LogP contribution in [-0.2, 0) is 0 Å². The molecule has 0 unspecified atom stereocenters. The molecule has 1 aliphatic heterocycles. The maximum absolute atomic E-state index is 13.9. The van der Waals surface area contributed by atoms with Gasteiger partial charge in [0, 0.05) is 5.92 Å². The number of anilines is 1. The van der Waals surface area contributed by atoms with Crippen molar-refractivity contribution in [2.75, 3.05) is 25.9 Å². The Balaban J connectivity index is 1.93. The molecular weight excluding hydrogens is 289 g/mol. The van der Waals surface area contributed by atoms with Crippen LogP contribution in [0.15, 0.2) is 6.20 Å². The number of halogens is 1. The van der Waals surface area contributed by atoms with Crippen molar-refractivity contribution in [1.82, 2.24) is 19.9 Å². The van der Waals surface area contributed by atoms with E-state index in [1.165, 1.54) is 11.3 Å². The normalized spacial score (nSPS) is 17.3. The van der Waals surface area contributed by atoms with E-state index >= 15 is 0 Å². The van der Waals surface area contributed by atoms with Crippen LogP contribution in [0.3, 0.4) is 0 Å². The minimum absolute atomic E-state index is 0.0834. The summed E-state index contributed by atoms with van der Waals surface area (Å²) in [5.74, 6) is 0.0896. The molecule has 5 nitrogen and oxygen atoms in total. The average Bonchev–Trinajstić information content (AvgIpc) is 2.84. The van der Waals surface area contributed by atoms with Crippen LogP contribution in [0.1, 0.15) is 29.5 Å². The molecule has 2 aromatic rings. The van der Waals surface area contributed by atoms with E-state index in [-0.39, 0.29) is 11.6 Å². The zero-order chi connectivity index (χ0) is 15.0. The molecule has 21 heavy (non-hydrogen) atoms. The van der Waals surface area contributed by atoms with Gasteiger partial charge in [0.25, 0.3) is 0 Å². The van der Waals surface area contributed by atoms with Crippen molar-refractivity contribution in [3.8, 4) is 10.6 Å². The first-order valence-electron chi connectivity index (χ1n) is 6.99. The third kappa shape index (κ3) is 2.89. The fourth-order valence-electron chi connectivity index (χ4n) is 2.61. The summed E-state index contributed by atoms with van der Waals surface area (Å²) in [5.41, 5.74) is 6.64. The van der Waals surface area contributed by atoms with E-state index in [0.717, 1.165) is 47.7 Å². The minimum atomic E-state index is -0.453. The summed E-state index contributed by atoms with van der Waals surface area (Å²) in [7, 11) is 2.13. The molecular formula is C14H18FN5S. The summed E-state index contributed by atoms with van der Waals surface area (Å²) >= 11 is 1.53. The highest BCUT2D eigenvalue weighted by Crippen LogP contribution is 2.37. The number of aryl methyl sites for hydroxylation is 1. The zero-order valence-electron chi connectivity index (χ0n) is 12.1. The van der Waals surface area contributed by atoms with E-state index in [4.69, 9.17) is 5.73 Å². The maximum atomic E-state index is 13.9.